The van der Waals surface area contributed by atoms with Crippen molar-refractivity contribution in [1.29, 1.82) is 0 Å². The molecule has 0 amide bonds. The number of halogens is 2. The molecule has 1 saturated carbocycles. The highest BCUT2D eigenvalue weighted by atomic mass is 35.5. The van der Waals surface area contributed by atoms with Gasteiger partial charge in [-0.15, -0.1) is 0 Å². The lowest BCUT2D eigenvalue weighted by molar-refractivity contribution is 0.456. The molecule has 1 fully saturated rings. The van der Waals surface area contributed by atoms with E-state index in [0.717, 1.165) is 24.5 Å². The predicted octanol–water partition coefficient (Wildman–Crippen LogP) is 4.32. The van der Waals surface area contributed by atoms with E-state index in [1.807, 2.05) is 12.1 Å². The first kappa shape index (κ1) is 13.2. The summed E-state index contributed by atoms with van der Waals surface area (Å²) in [4.78, 5) is 0. The summed E-state index contributed by atoms with van der Waals surface area (Å²) in [5.41, 5.74) is 1.62. The van der Waals surface area contributed by atoms with Crippen molar-refractivity contribution >= 4 is 23.2 Å². The van der Waals surface area contributed by atoms with Crippen molar-refractivity contribution in [2.75, 3.05) is 13.1 Å². The van der Waals surface area contributed by atoms with Crippen LogP contribution in [0.5, 0.6) is 0 Å². The third kappa shape index (κ3) is 3.37. The van der Waals surface area contributed by atoms with Crippen LogP contribution in [0.3, 0.4) is 0 Å². The highest BCUT2D eigenvalue weighted by Crippen LogP contribution is 2.49. The Morgan fingerprint density at radius 3 is 2.71 bits per heavy atom. The van der Waals surface area contributed by atoms with E-state index in [9.17, 15) is 0 Å². The number of hydrogen-bond donors (Lipinski definition) is 1. The Labute approximate surface area is 114 Å². The van der Waals surface area contributed by atoms with Crippen LogP contribution in [0.4, 0.5) is 0 Å². The van der Waals surface area contributed by atoms with E-state index in [4.69, 9.17) is 23.2 Å². The van der Waals surface area contributed by atoms with Crippen LogP contribution in [0, 0.1) is 5.41 Å². The molecule has 0 aliphatic heterocycles. The highest BCUT2D eigenvalue weighted by molar-refractivity contribution is 6.42. The van der Waals surface area contributed by atoms with Crippen LogP contribution in [0.15, 0.2) is 18.2 Å². The summed E-state index contributed by atoms with van der Waals surface area (Å²) in [6, 6.07) is 5.93. The van der Waals surface area contributed by atoms with Crippen LogP contribution < -0.4 is 5.32 Å². The monoisotopic (exact) mass is 271 g/mol. The molecular weight excluding hydrogens is 253 g/mol. The number of hydrogen-bond acceptors (Lipinski definition) is 1. The van der Waals surface area contributed by atoms with Crippen molar-refractivity contribution in [3.05, 3.63) is 33.8 Å². The molecule has 0 radical (unpaired) electrons. The SMILES string of the molecule is CCCNCC1(Cc2cccc(Cl)c2Cl)CC1. The molecule has 2 rings (SSSR count). The van der Waals surface area contributed by atoms with Gasteiger partial charge in [0.1, 0.15) is 0 Å². The summed E-state index contributed by atoms with van der Waals surface area (Å²) in [5.74, 6) is 0. The smallest absolute Gasteiger partial charge is 0.0624 e. The topological polar surface area (TPSA) is 12.0 Å². The Kier molecular flexibility index (Phi) is 4.35. The van der Waals surface area contributed by atoms with Gasteiger partial charge in [0, 0.05) is 6.54 Å². The first-order valence-corrected chi connectivity index (χ1v) is 7.06. The summed E-state index contributed by atoms with van der Waals surface area (Å²) in [6.07, 6.45) is 4.83. The van der Waals surface area contributed by atoms with Crippen LogP contribution in [0.2, 0.25) is 10.0 Å². The van der Waals surface area contributed by atoms with Crippen molar-refractivity contribution in [1.82, 2.24) is 5.32 Å². The minimum atomic E-state index is 0.434. The Bertz CT molecular complexity index is 386. The Morgan fingerprint density at radius 1 is 1.29 bits per heavy atom. The molecule has 1 aromatic rings. The zero-order chi connectivity index (χ0) is 12.3. The molecule has 94 valence electrons. The van der Waals surface area contributed by atoms with E-state index in [-0.39, 0.29) is 0 Å². The second kappa shape index (κ2) is 5.60. The fourth-order valence-electron chi connectivity index (χ4n) is 2.21. The molecule has 3 heteroatoms. The van der Waals surface area contributed by atoms with Gasteiger partial charge in [-0.3, -0.25) is 0 Å². The zero-order valence-electron chi connectivity index (χ0n) is 10.2. The van der Waals surface area contributed by atoms with Gasteiger partial charge in [0.2, 0.25) is 0 Å². The molecule has 0 bridgehead atoms. The first-order chi connectivity index (χ1) is 8.17. The molecule has 0 aromatic heterocycles. The predicted molar refractivity (Wildman–Crippen MR) is 75.0 cm³/mol. The van der Waals surface area contributed by atoms with Gasteiger partial charge in [-0.25, -0.2) is 0 Å². The first-order valence-electron chi connectivity index (χ1n) is 6.30. The summed E-state index contributed by atoms with van der Waals surface area (Å²) >= 11 is 12.3. The fourth-order valence-corrected chi connectivity index (χ4v) is 2.60. The summed E-state index contributed by atoms with van der Waals surface area (Å²) in [7, 11) is 0. The van der Waals surface area contributed by atoms with Gasteiger partial charge in [0.05, 0.1) is 10.0 Å². The Hall–Kier alpha value is -0.240. The second-order valence-electron chi connectivity index (χ2n) is 5.07. The molecule has 0 atom stereocenters. The van der Waals surface area contributed by atoms with Gasteiger partial charge < -0.3 is 5.32 Å². The van der Waals surface area contributed by atoms with Gasteiger partial charge in [-0.2, -0.15) is 0 Å². The number of benzene rings is 1. The van der Waals surface area contributed by atoms with Crippen molar-refractivity contribution in [3.8, 4) is 0 Å². The normalized spacial score (nSPS) is 17.1. The summed E-state index contributed by atoms with van der Waals surface area (Å²) in [5, 5.41) is 4.92. The molecule has 1 aliphatic carbocycles. The van der Waals surface area contributed by atoms with Crippen LogP contribution in [0.25, 0.3) is 0 Å². The molecule has 0 spiro atoms. The lowest BCUT2D eigenvalue weighted by atomic mass is 9.96. The lowest BCUT2D eigenvalue weighted by Crippen LogP contribution is -2.26. The molecule has 1 aliphatic rings. The maximum Gasteiger partial charge on any atom is 0.0624 e. The average Bonchev–Trinajstić information content (AvgIpc) is 3.06. The van der Waals surface area contributed by atoms with E-state index in [0.29, 0.717) is 10.4 Å². The quantitative estimate of drug-likeness (QED) is 0.761. The summed E-state index contributed by atoms with van der Waals surface area (Å²) in [6.45, 7) is 4.40. The van der Waals surface area contributed by atoms with Crippen LogP contribution in [-0.4, -0.2) is 13.1 Å². The number of nitrogens with one attached hydrogen (secondary N) is 1. The third-order valence-corrected chi connectivity index (χ3v) is 4.34. The van der Waals surface area contributed by atoms with E-state index in [2.05, 4.69) is 18.3 Å². The summed E-state index contributed by atoms with van der Waals surface area (Å²) < 4.78 is 0. The number of rotatable bonds is 6. The van der Waals surface area contributed by atoms with E-state index >= 15 is 0 Å². The largest absolute Gasteiger partial charge is 0.316 e. The minimum Gasteiger partial charge on any atom is -0.316 e. The molecule has 1 aromatic carbocycles. The molecule has 17 heavy (non-hydrogen) atoms. The Balaban J connectivity index is 1.98. The van der Waals surface area contributed by atoms with Gasteiger partial charge in [0.25, 0.3) is 0 Å². The molecule has 1 nitrogen and oxygen atoms in total. The highest BCUT2D eigenvalue weighted by Gasteiger charge is 2.42. The minimum absolute atomic E-state index is 0.434. The van der Waals surface area contributed by atoms with Gasteiger partial charge >= 0.3 is 0 Å². The van der Waals surface area contributed by atoms with Crippen molar-refractivity contribution in [3.63, 3.8) is 0 Å². The Morgan fingerprint density at radius 2 is 2.06 bits per heavy atom. The van der Waals surface area contributed by atoms with Gasteiger partial charge in [-0.1, -0.05) is 42.3 Å². The molecule has 0 unspecified atom stereocenters. The maximum absolute atomic E-state index is 6.24. The fraction of sp³-hybridized carbons (Fsp3) is 0.571. The molecular formula is C14H19Cl2N. The molecule has 0 heterocycles. The van der Waals surface area contributed by atoms with E-state index in [1.165, 1.54) is 24.8 Å². The van der Waals surface area contributed by atoms with Crippen LogP contribution in [-0.2, 0) is 6.42 Å². The van der Waals surface area contributed by atoms with E-state index in [1.54, 1.807) is 0 Å². The van der Waals surface area contributed by atoms with Crippen molar-refractivity contribution < 1.29 is 0 Å². The third-order valence-electron chi connectivity index (χ3n) is 3.48. The van der Waals surface area contributed by atoms with Gasteiger partial charge in [0.15, 0.2) is 0 Å². The van der Waals surface area contributed by atoms with Gasteiger partial charge in [-0.05, 0) is 49.3 Å². The lowest BCUT2D eigenvalue weighted by Gasteiger charge is -2.17. The standard InChI is InChI=1S/C14H19Cl2N/c1-2-8-17-10-14(6-7-14)9-11-4-3-5-12(15)13(11)16/h3-5,17H,2,6-10H2,1H3. The van der Waals surface area contributed by atoms with Crippen molar-refractivity contribution in [2.24, 2.45) is 5.41 Å². The van der Waals surface area contributed by atoms with Crippen molar-refractivity contribution in [2.45, 2.75) is 32.6 Å². The average molecular weight is 272 g/mol. The zero-order valence-corrected chi connectivity index (χ0v) is 11.7. The molecule has 0 saturated heterocycles. The molecule has 1 N–H and O–H groups in total. The second-order valence-corrected chi connectivity index (χ2v) is 5.85. The van der Waals surface area contributed by atoms with Crippen LogP contribution >= 0.6 is 23.2 Å². The maximum atomic E-state index is 6.24. The van der Waals surface area contributed by atoms with E-state index < -0.39 is 0 Å². The van der Waals surface area contributed by atoms with Crippen LogP contribution in [0.1, 0.15) is 31.7 Å².